The van der Waals surface area contributed by atoms with E-state index in [9.17, 15) is 4.79 Å². The van der Waals surface area contributed by atoms with Gasteiger partial charge >= 0.3 is 0 Å². The molecule has 0 atom stereocenters. The van der Waals surface area contributed by atoms with Crippen LogP contribution in [0.5, 0.6) is 0 Å². The summed E-state index contributed by atoms with van der Waals surface area (Å²) in [6.07, 6.45) is 8.61. The molecule has 1 fully saturated rings. The van der Waals surface area contributed by atoms with Gasteiger partial charge in [-0.15, -0.1) is 0 Å². The fraction of sp³-hybridized carbons (Fsp3) is 0.550. The highest BCUT2D eigenvalue weighted by Crippen LogP contribution is 2.23. The van der Waals surface area contributed by atoms with Gasteiger partial charge in [0.2, 0.25) is 0 Å². The number of aromatic amines is 1. The van der Waals surface area contributed by atoms with Crippen LogP contribution in [0.1, 0.15) is 51.5 Å². The number of aryl methyl sites for hydroxylation is 1. The first-order valence-corrected chi connectivity index (χ1v) is 8.91. The number of benzene rings is 1. The molecule has 3 heteroatoms. The minimum atomic E-state index is -0.0208. The molecular formula is C20H30N2O. The second-order valence-electron chi connectivity index (χ2n) is 6.81. The molecule has 0 radical (unpaired) electrons. The minimum Gasteiger partial charge on any atom is -0.329 e. The van der Waals surface area contributed by atoms with Gasteiger partial charge in [-0.1, -0.05) is 31.5 Å². The zero-order valence-electron chi connectivity index (χ0n) is 14.7. The van der Waals surface area contributed by atoms with Crippen LogP contribution in [-0.4, -0.2) is 17.6 Å². The van der Waals surface area contributed by atoms with Crippen LogP contribution in [0.25, 0.3) is 10.8 Å². The Labute approximate surface area is 139 Å². The maximum absolute atomic E-state index is 11.2. The lowest BCUT2D eigenvalue weighted by Gasteiger charge is -2.26. The monoisotopic (exact) mass is 314 g/mol. The lowest BCUT2D eigenvalue weighted by atomic mass is 9.87. The van der Waals surface area contributed by atoms with E-state index in [1.54, 1.807) is 6.20 Å². The molecule has 23 heavy (non-hydrogen) atoms. The molecule has 1 aromatic carbocycles. The van der Waals surface area contributed by atoms with Gasteiger partial charge in [-0.2, -0.15) is 0 Å². The van der Waals surface area contributed by atoms with E-state index in [2.05, 4.69) is 24.1 Å². The normalized spacial score (nSPS) is 20.8. The minimum absolute atomic E-state index is 0.0208. The van der Waals surface area contributed by atoms with Gasteiger partial charge in [-0.25, -0.2) is 0 Å². The third-order valence-corrected chi connectivity index (χ3v) is 4.63. The molecule has 1 aromatic heterocycles. The molecule has 126 valence electrons. The summed E-state index contributed by atoms with van der Waals surface area (Å²) in [4.78, 5) is 13.9. The molecule has 0 saturated heterocycles. The van der Waals surface area contributed by atoms with E-state index in [4.69, 9.17) is 0 Å². The second-order valence-corrected chi connectivity index (χ2v) is 6.81. The van der Waals surface area contributed by atoms with Crippen molar-refractivity contribution in [2.24, 2.45) is 5.92 Å². The number of hydrogen-bond acceptors (Lipinski definition) is 2. The molecule has 1 saturated carbocycles. The Morgan fingerprint density at radius 2 is 1.91 bits per heavy atom. The first-order chi connectivity index (χ1) is 11.1. The molecule has 0 bridgehead atoms. The van der Waals surface area contributed by atoms with E-state index < -0.39 is 0 Å². The van der Waals surface area contributed by atoms with Crippen LogP contribution >= 0.6 is 0 Å². The van der Waals surface area contributed by atoms with E-state index in [-0.39, 0.29) is 5.56 Å². The first kappa shape index (κ1) is 17.7. The van der Waals surface area contributed by atoms with Crippen LogP contribution in [0.15, 0.2) is 35.3 Å². The molecule has 3 nitrogen and oxygen atoms in total. The van der Waals surface area contributed by atoms with Crippen molar-refractivity contribution in [1.82, 2.24) is 10.3 Å². The Balaban J connectivity index is 0.000000168. The third kappa shape index (κ3) is 5.51. The zero-order valence-corrected chi connectivity index (χ0v) is 14.7. The Hall–Kier alpha value is -1.61. The van der Waals surface area contributed by atoms with Crippen LogP contribution in [0.2, 0.25) is 0 Å². The summed E-state index contributed by atoms with van der Waals surface area (Å²) in [7, 11) is 0. The second kappa shape index (κ2) is 8.88. The maximum atomic E-state index is 11.2. The Morgan fingerprint density at radius 1 is 1.17 bits per heavy atom. The van der Waals surface area contributed by atoms with Gasteiger partial charge in [0.25, 0.3) is 5.56 Å². The van der Waals surface area contributed by atoms with Crippen molar-refractivity contribution in [3.63, 3.8) is 0 Å². The number of aromatic nitrogens is 1. The van der Waals surface area contributed by atoms with Gasteiger partial charge in [0.05, 0.1) is 0 Å². The van der Waals surface area contributed by atoms with E-state index in [1.807, 2.05) is 31.2 Å². The van der Waals surface area contributed by atoms with Gasteiger partial charge < -0.3 is 10.3 Å². The summed E-state index contributed by atoms with van der Waals surface area (Å²) in [6.45, 7) is 7.83. The fourth-order valence-corrected chi connectivity index (χ4v) is 3.12. The van der Waals surface area contributed by atoms with Gasteiger partial charge in [0, 0.05) is 17.6 Å². The predicted octanol–water partition coefficient (Wildman–Crippen LogP) is 4.40. The Kier molecular flexibility index (Phi) is 6.85. The van der Waals surface area contributed by atoms with Gasteiger partial charge in [0.15, 0.2) is 0 Å². The lowest BCUT2D eigenvalue weighted by molar-refractivity contribution is 0.308. The van der Waals surface area contributed by atoms with Gasteiger partial charge in [-0.05, 0) is 69.0 Å². The van der Waals surface area contributed by atoms with Crippen LogP contribution < -0.4 is 10.9 Å². The topological polar surface area (TPSA) is 44.9 Å². The van der Waals surface area contributed by atoms with Crippen molar-refractivity contribution in [3.05, 3.63) is 46.4 Å². The van der Waals surface area contributed by atoms with Gasteiger partial charge in [0.1, 0.15) is 0 Å². The summed E-state index contributed by atoms with van der Waals surface area (Å²) in [5, 5.41) is 5.34. The highest BCUT2D eigenvalue weighted by Gasteiger charge is 2.16. The van der Waals surface area contributed by atoms with Crippen LogP contribution in [0.3, 0.4) is 0 Å². The quantitative estimate of drug-likeness (QED) is 0.882. The molecule has 1 aliphatic rings. The molecule has 0 spiro atoms. The summed E-state index contributed by atoms with van der Waals surface area (Å²) >= 11 is 0. The smallest absolute Gasteiger partial charge is 0.255 e. The maximum Gasteiger partial charge on any atom is 0.255 e. The highest BCUT2D eigenvalue weighted by atomic mass is 16.1. The zero-order chi connectivity index (χ0) is 16.7. The van der Waals surface area contributed by atoms with Crippen LogP contribution in [0, 0.1) is 12.8 Å². The van der Waals surface area contributed by atoms with E-state index in [0.29, 0.717) is 0 Å². The standard InChI is InChI=1S/C10H9NO.C10H21N/c1-7-2-3-9-8(6-7)4-5-11-10(9)12;1-3-8-11-10-6-4-9(2)5-7-10/h2-6H,1H3,(H,11,12);9-11H,3-8H2,1-2H3. The van der Waals surface area contributed by atoms with Crippen molar-refractivity contribution >= 4 is 10.8 Å². The molecule has 2 N–H and O–H groups in total. The number of hydrogen-bond donors (Lipinski definition) is 2. The Morgan fingerprint density at radius 3 is 2.61 bits per heavy atom. The molecular weight excluding hydrogens is 284 g/mol. The largest absolute Gasteiger partial charge is 0.329 e. The number of nitrogens with one attached hydrogen (secondary N) is 2. The fourth-order valence-electron chi connectivity index (χ4n) is 3.12. The molecule has 0 amide bonds. The lowest BCUT2D eigenvalue weighted by Crippen LogP contribution is -2.33. The molecule has 3 rings (SSSR count). The average Bonchev–Trinajstić information content (AvgIpc) is 2.55. The predicted molar refractivity (Wildman–Crippen MR) is 99.0 cm³/mol. The van der Waals surface area contributed by atoms with Gasteiger partial charge in [-0.3, -0.25) is 4.79 Å². The van der Waals surface area contributed by atoms with Crippen molar-refractivity contribution in [2.45, 2.75) is 58.9 Å². The number of pyridine rings is 1. The number of fused-ring (bicyclic) bond motifs is 1. The molecule has 2 aromatic rings. The van der Waals surface area contributed by atoms with Crippen molar-refractivity contribution in [2.75, 3.05) is 6.54 Å². The molecule has 0 unspecified atom stereocenters. The summed E-state index contributed by atoms with van der Waals surface area (Å²) < 4.78 is 0. The van der Waals surface area contributed by atoms with Crippen molar-refractivity contribution < 1.29 is 0 Å². The molecule has 0 aliphatic heterocycles. The number of H-pyrrole nitrogens is 1. The summed E-state index contributed by atoms with van der Waals surface area (Å²) in [6, 6.07) is 8.54. The average molecular weight is 314 g/mol. The van der Waals surface area contributed by atoms with Crippen LogP contribution in [-0.2, 0) is 0 Å². The third-order valence-electron chi connectivity index (χ3n) is 4.63. The van der Waals surface area contributed by atoms with Crippen molar-refractivity contribution in [3.8, 4) is 0 Å². The van der Waals surface area contributed by atoms with E-state index >= 15 is 0 Å². The number of rotatable bonds is 3. The van der Waals surface area contributed by atoms with E-state index in [1.165, 1.54) is 44.2 Å². The van der Waals surface area contributed by atoms with Crippen molar-refractivity contribution in [1.29, 1.82) is 0 Å². The molecule has 1 heterocycles. The highest BCUT2D eigenvalue weighted by molar-refractivity contribution is 5.81. The van der Waals surface area contributed by atoms with E-state index in [0.717, 1.165) is 22.7 Å². The summed E-state index contributed by atoms with van der Waals surface area (Å²) in [5.74, 6) is 0.981. The first-order valence-electron chi connectivity index (χ1n) is 8.91. The van der Waals surface area contributed by atoms with Crippen LogP contribution in [0.4, 0.5) is 0 Å². The Bertz CT molecular complexity index is 651. The summed E-state index contributed by atoms with van der Waals surface area (Å²) in [5.41, 5.74) is 1.15. The SMILES string of the molecule is CCCNC1CCC(C)CC1.Cc1ccc2c(=O)[nH]ccc2c1. The molecule has 1 aliphatic carbocycles.